The molecule has 80 heavy (non-hydrogen) atoms. The van der Waals surface area contributed by atoms with E-state index in [1.165, 1.54) is 186 Å². The summed E-state index contributed by atoms with van der Waals surface area (Å²) < 4.78 is 17.0. The van der Waals surface area contributed by atoms with E-state index >= 15 is 0 Å². The van der Waals surface area contributed by atoms with Gasteiger partial charge in [0.15, 0.2) is 6.10 Å². The third kappa shape index (κ3) is 65.1. The average molecular weight is 1110 g/mol. The Labute approximate surface area is 496 Å². The Balaban J connectivity index is 4.29. The number of ether oxygens (including phenoxy) is 3. The molecular weight excluding hydrogens is 985 g/mol. The second-order valence-electron chi connectivity index (χ2n) is 22.7. The molecular formula is C74H128O6. The van der Waals surface area contributed by atoms with Crippen LogP contribution in [0.15, 0.2) is 97.2 Å². The standard InChI is InChI=1S/C74H128O6/c1-4-7-10-13-16-19-22-25-28-30-32-33-34-35-36-37-38-39-40-41-42-44-46-49-52-55-58-61-64-67-73(76)79-70-71(69-78-72(75)66-63-60-57-54-51-48-45-27-24-21-18-15-12-9-6-3)80-74(77)68-65-62-59-56-53-50-47-43-31-29-26-23-20-17-14-11-8-5-2/h7,10,16,18-19,21,25,27-29,31-33,35-36,45,71H,4-6,8-9,11-15,17,20,22-24,26,30,34,37-44,46-70H2,1-3H3/b10-7-,19-16-,21-18-,28-25-,31-29-,33-32-,36-35-,45-27-. The molecule has 1 atom stereocenters. The van der Waals surface area contributed by atoms with Gasteiger partial charge in [-0.3, -0.25) is 14.4 Å². The average Bonchev–Trinajstić information content (AvgIpc) is 3.46. The molecule has 0 spiro atoms. The lowest BCUT2D eigenvalue weighted by molar-refractivity contribution is -0.167. The molecule has 0 saturated carbocycles. The zero-order valence-corrected chi connectivity index (χ0v) is 52.8. The highest BCUT2D eigenvalue weighted by Gasteiger charge is 2.19. The molecule has 0 aliphatic heterocycles. The van der Waals surface area contributed by atoms with Crippen LogP contribution in [0.2, 0.25) is 0 Å². The largest absolute Gasteiger partial charge is 0.462 e. The summed E-state index contributed by atoms with van der Waals surface area (Å²) in [6.07, 6.45) is 91.3. The van der Waals surface area contributed by atoms with Gasteiger partial charge in [-0.1, -0.05) is 291 Å². The van der Waals surface area contributed by atoms with Gasteiger partial charge in [0.05, 0.1) is 0 Å². The smallest absolute Gasteiger partial charge is 0.306 e. The molecule has 0 N–H and O–H groups in total. The van der Waals surface area contributed by atoms with Gasteiger partial charge in [0.2, 0.25) is 0 Å². The van der Waals surface area contributed by atoms with E-state index < -0.39 is 6.10 Å². The number of unbranched alkanes of at least 4 members (excludes halogenated alkanes) is 35. The molecule has 0 bridgehead atoms. The van der Waals surface area contributed by atoms with Crippen molar-refractivity contribution in [2.24, 2.45) is 0 Å². The Morgan fingerprint density at radius 2 is 0.487 bits per heavy atom. The Morgan fingerprint density at radius 3 is 0.800 bits per heavy atom. The van der Waals surface area contributed by atoms with Crippen LogP contribution < -0.4 is 0 Å². The Bertz CT molecular complexity index is 1560. The van der Waals surface area contributed by atoms with Crippen molar-refractivity contribution in [3.8, 4) is 0 Å². The van der Waals surface area contributed by atoms with Crippen LogP contribution in [0.4, 0.5) is 0 Å². The summed E-state index contributed by atoms with van der Waals surface area (Å²) in [5.74, 6) is -0.888. The first kappa shape index (κ1) is 76.3. The van der Waals surface area contributed by atoms with Crippen LogP contribution in [0.25, 0.3) is 0 Å². The van der Waals surface area contributed by atoms with E-state index in [0.717, 1.165) is 109 Å². The lowest BCUT2D eigenvalue weighted by Gasteiger charge is -2.18. The molecule has 0 aliphatic rings. The fraction of sp³-hybridized carbons (Fsp3) is 0.743. The van der Waals surface area contributed by atoms with Crippen molar-refractivity contribution >= 4 is 17.9 Å². The SMILES string of the molecule is CC/C=C\C/C=C\C/C=C\C/C=C\C/C=C\CCCCCCCCCCCCCCCC(=O)OCC(COC(=O)CCCCCCC/C=C\C/C=C\CCCCC)OC(=O)CCCCCCCCC/C=C\CCCCCCCCC. The molecule has 0 aromatic carbocycles. The third-order valence-corrected chi connectivity index (χ3v) is 14.8. The summed E-state index contributed by atoms with van der Waals surface area (Å²) in [5.41, 5.74) is 0. The highest BCUT2D eigenvalue weighted by molar-refractivity contribution is 5.71. The van der Waals surface area contributed by atoms with Crippen LogP contribution in [0.3, 0.4) is 0 Å². The molecule has 0 rings (SSSR count). The first-order chi connectivity index (χ1) is 39.5. The van der Waals surface area contributed by atoms with Crippen LogP contribution in [0.1, 0.15) is 335 Å². The van der Waals surface area contributed by atoms with E-state index in [1.807, 2.05) is 0 Å². The fourth-order valence-corrected chi connectivity index (χ4v) is 9.67. The molecule has 460 valence electrons. The Hall–Kier alpha value is -3.67. The number of rotatable bonds is 62. The maximum Gasteiger partial charge on any atom is 0.306 e. The lowest BCUT2D eigenvalue weighted by atomic mass is 10.0. The summed E-state index contributed by atoms with van der Waals surface area (Å²) in [5, 5.41) is 0. The molecule has 0 saturated heterocycles. The van der Waals surface area contributed by atoms with E-state index in [4.69, 9.17) is 14.2 Å². The second-order valence-corrected chi connectivity index (χ2v) is 22.7. The number of hydrogen-bond acceptors (Lipinski definition) is 6. The van der Waals surface area contributed by atoms with E-state index in [9.17, 15) is 14.4 Å². The molecule has 6 heteroatoms. The normalized spacial score (nSPS) is 12.7. The van der Waals surface area contributed by atoms with Gasteiger partial charge in [0, 0.05) is 19.3 Å². The molecule has 0 aromatic heterocycles. The molecule has 1 unspecified atom stereocenters. The van der Waals surface area contributed by atoms with Crippen molar-refractivity contribution in [1.82, 2.24) is 0 Å². The number of hydrogen-bond donors (Lipinski definition) is 0. The number of allylic oxidation sites excluding steroid dienone is 16. The molecule has 0 fully saturated rings. The number of carbonyl (C=O) groups excluding carboxylic acids is 3. The first-order valence-corrected chi connectivity index (χ1v) is 34.2. The highest BCUT2D eigenvalue weighted by atomic mass is 16.6. The monoisotopic (exact) mass is 1110 g/mol. The molecule has 0 aromatic rings. The Kier molecular flexibility index (Phi) is 64.7. The first-order valence-electron chi connectivity index (χ1n) is 34.2. The maximum atomic E-state index is 12.9. The lowest BCUT2D eigenvalue weighted by Crippen LogP contribution is -2.30. The van der Waals surface area contributed by atoms with Crippen molar-refractivity contribution in [2.45, 2.75) is 341 Å². The number of carbonyl (C=O) groups is 3. The van der Waals surface area contributed by atoms with Gasteiger partial charge in [-0.25, -0.2) is 0 Å². The minimum absolute atomic E-state index is 0.0824. The predicted octanol–water partition coefficient (Wildman–Crippen LogP) is 23.6. The van der Waals surface area contributed by atoms with Crippen LogP contribution in [0.5, 0.6) is 0 Å². The van der Waals surface area contributed by atoms with Crippen LogP contribution in [0, 0.1) is 0 Å². The third-order valence-electron chi connectivity index (χ3n) is 14.8. The topological polar surface area (TPSA) is 78.9 Å². The molecule has 0 amide bonds. The van der Waals surface area contributed by atoms with Crippen molar-refractivity contribution in [3.63, 3.8) is 0 Å². The molecule has 0 heterocycles. The van der Waals surface area contributed by atoms with Crippen LogP contribution in [-0.4, -0.2) is 37.2 Å². The van der Waals surface area contributed by atoms with Crippen LogP contribution >= 0.6 is 0 Å². The summed E-state index contributed by atoms with van der Waals surface area (Å²) >= 11 is 0. The van der Waals surface area contributed by atoms with Gasteiger partial charge in [-0.15, -0.1) is 0 Å². The minimum atomic E-state index is -0.787. The highest BCUT2D eigenvalue weighted by Crippen LogP contribution is 2.17. The summed E-state index contributed by atoms with van der Waals surface area (Å²) in [6, 6.07) is 0. The summed E-state index contributed by atoms with van der Waals surface area (Å²) in [7, 11) is 0. The van der Waals surface area contributed by atoms with Gasteiger partial charge >= 0.3 is 17.9 Å². The van der Waals surface area contributed by atoms with Gasteiger partial charge in [0.1, 0.15) is 13.2 Å². The van der Waals surface area contributed by atoms with Crippen LogP contribution in [-0.2, 0) is 28.6 Å². The summed E-state index contributed by atoms with van der Waals surface area (Å²) in [6.45, 7) is 6.52. The zero-order valence-electron chi connectivity index (χ0n) is 52.8. The summed E-state index contributed by atoms with van der Waals surface area (Å²) in [4.78, 5) is 38.4. The molecule has 0 radical (unpaired) electrons. The molecule has 6 nitrogen and oxygen atoms in total. The van der Waals surface area contributed by atoms with Crippen molar-refractivity contribution in [1.29, 1.82) is 0 Å². The van der Waals surface area contributed by atoms with E-state index in [0.29, 0.717) is 19.3 Å². The number of esters is 3. The second kappa shape index (κ2) is 67.8. The van der Waals surface area contributed by atoms with Crippen molar-refractivity contribution < 1.29 is 28.6 Å². The predicted molar refractivity (Wildman–Crippen MR) is 348 cm³/mol. The van der Waals surface area contributed by atoms with Gasteiger partial charge < -0.3 is 14.2 Å². The Morgan fingerprint density at radius 1 is 0.263 bits per heavy atom. The van der Waals surface area contributed by atoms with Crippen molar-refractivity contribution in [3.05, 3.63) is 97.2 Å². The van der Waals surface area contributed by atoms with E-state index in [2.05, 4.69) is 118 Å². The van der Waals surface area contributed by atoms with Gasteiger partial charge in [-0.2, -0.15) is 0 Å². The molecule has 0 aliphatic carbocycles. The van der Waals surface area contributed by atoms with Gasteiger partial charge in [0.25, 0.3) is 0 Å². The van der Waals surface area contributed by atoms with Gasteiger partial charge in [-0.05, 0) is 122 Å². The quantitative estimate of drug-likeness (QED) is 0.0261. The minimum Gasteiger partial charge on any atom is -0.462 e. The zero-order chi connectivity index (χ0) is 57.8. The fourth-order valence-electron chi connectivity index (χ4n) is 9.67. The van der Waals surface area contributed by atoms with Crippen molar-refractivity contribution in [2.75, 3.05) is 13.2 Å². The van der Waals surface area contributed by atoms with E-state index in [1.54, 1.807) is 0 Å². The van der Waals surface area contributed by atoms with E-state index in [-0.39, 0.29) is 31.1 Å². The maximum absolute atomic E-state index is 12.9.